The Labute approximate surface area is 205 Å². The van der Waals surface area contributed by atoms with Gasteiger partial charge in [0.15, 0.2) is 0 Å². The van der Waals surface area contributed by atoms with Crippen LogP contribution in [0.5, 0.6) is 11.6 Å². The fourth-order valence-corrected chi connectivity index (χ4v) is 5.83. The smallest absolute Gasteiger partial charge is 0.304 e. The molecule has 5 rings (SSSR count). The average molecular weight is 469 g/mol. The molecule has 2 aliphatic rings. The van der Waals surface area contributed by atoms with Gasteiger partial charge in [-0.25, -0.2) is 4.98 Å². The fourth-order valence-electron chi connectivity index (χ4n) is 5.83. The highest BCUT2D eigenvalue weighted by Crippen LogP contribution is 2.46. The van der Waals surface area contributed by atoms with Crippen LogP contribution in [0, 0.1) is 39.0 Å². The van der Waals surface area contributed by atoms with Gasteiger partial charge in [0.1, 0.15) is 11.9 Å². The van der Waals surface area contributed by atoms with Crippen molar-refractivity contribution in [2.24, 2.45) is 0 Å². The predicted octanol–water partition coefficient (Wildman–Crippen LogP) is 5.87. The van der Waals surface area contributed by atoms with Crippen molar-refractivity contribution < 1.29 is 19.4 Å². The number of aromatic nitrogens is 1. The summed E-state index contributed by atoms with van der Waals surface area (Å²) in [5, 5.41) is 18.5. The predicted molar refractivity (Wildman–Crippen MR) is 132 cm³/mol. The largest absolute Gasteiger partial charge is 0.492 e. The number of carboxylic acids is 1. The number of pyridine rings is 1. The molecule has 1 aliphatic heterocycles. The molecule has 2 aromatic carbocycles. The Morgan fingerprint density at radius 2 is 1.83 bits per heavy atom. The first-order valence-corrected chi connectivity index (χ1v) is 11.9. The first kappa shape index (κ1) is 22.9. The quantitative estimate of drug-likeness (QED) is 0.503. The lowest BCUT2D eigenvalue weighted by molar-refractivity contribution is -0.137. The molecule has 1 aliphatic carbocycles. The van der Waals surface area contributed by atoms with E-state index in [0.717, 1.165) is 29.5 Å². The van der Waals surface area contributed by atoms with Gasteiger partial charge in [-0.3, -0.25) is 4.79 Å². The first-order chi connectivity index (χ1) is 16.8. The van der Waals surface area contributed by atoms with E-state index >= 15 is 0 Å². The summed E-state index contributed by atoms with van der Waals surface area (Å²) in [6, 6.07) is 10.2. The Bertz CT molecular complexity index is 1380. The van der Waals surface area contributed by atoms with Crippen LogP contribution in [0.1, 0.15) is 69.4 Å². The summed E-state index contributed by atoms with van der Waals surface area (Å²) in [4.78, 5) is 15.6. The highest BCUT2D eigenvalue weighted by molar-refractivity contribution is 5.79. The molecule has 2 unspecified atom stereocenters. The summed E-state index contributed by atoms with van der Waals surface area (Å²) in [6.07, 6.45) is 3.35. The third kappa shape index (κ3) is 4.01. The van der Waals surface area contributed by atoms with Crippen molar-refractivity contribution in [3.05, 3.63) is 75.0 Å². The molecular weight excluding hydrogens is 440 g/mol. The van der Waals surface area contributed by atoms with Gasteiger partial charge >= 0.3 is 5.97 Å². The minimum atomic E-state index is -0.844. The van der Waals surface area contributed by atoms with Gasteiger partial charge in [-0.15, -0.1) is 0 Å². The van der Waals surface area contributed by atoms with Crippen LogP contribution in [0.15, 0.2) is 30.5 Å². The standard InChI is InChI=1S/C29H28N2O4/c1-15-7-16(2)29(27-17(3)8-19(12-30)9-18(27)4)21-5-6-23(28(15)21)35-25-11-24-22(13-31-25)20(14-34-24)10-26(32)33/h7-9,11,13,20,23H,5-6,10,14H2,1-4H3,(H,32,33). The fraction of sp³-hybridized carbons (Fsp3) is 0.345. The number of fused-ring (bicyclic) bond motifs is 2. The number of hydrogen-bond donors (Lipinski definition) is 1. The van der Waals surface area contributed by atoms with Crippen molar-refractivity contribution >= 4 is 5.97 Å². The lowest BCUT2D eigenvalue weighted by atomic mass is 9.85. The van der Waals surface area contributed by atoms with E-state index in [2.05, 4.69) is 44.8 Å². The maximum Gasteiger partial charge on any atom is 0.304 e. The van der Waals surface area contributed by atoms with Crippen molar-refractivity contribution in [1.82, 2.24) is 4.98 Å². The zero-order valence-electron chi connectivity index (χ0n) is 20.4. The number of carboxylic acid groups (broad SMARTS) is 1. The molecule has 1 aromatic heterocycles. The number of carbonyl (C=O) groups is 1. The summed E-state index contributed by atoms with van der Waals surface area (Å²) in [5.74, 6) is 0.126. The third-order valence-electron chi connectivity index (χ3n) is 7.20. The van der Waals surface area contributed by atoms with Gasteiger partial charge in [-0.2, -0.15) is 5.26 Å². The zero-order chi connectivity index (χ0) is 24.9. The third-order valence-corrected chi connectivity index (χ3v) is 7.20. The molecule has 3 aromatic rings. The number of ether oxygens (including phenoxy) is 2. The number of hydrogen-bond acceptors (Lipinski definition) is 5. The van der Waals surface area contributed by atoms with E-state index in [-0.39, 0.29) is 18.4 Å². The minimum Gasteiger partial charge on any atom is -0.492 e. The van der Waals surface area contributed by atoms with Crippen LogP contribution in [0.25, 0.3) is 11.1 Å². The van der Waals surface area contributed by atoms with Crippen LogP contribution in [0.4, 0.5) is 0 Å². The van der Waals surface area contributed by atoms with Crippen molar-refractivity contribution in [3.8, 4) is 28.8 Å². The highest BCUT2D eigenvalue weighted by Gasteiger charge is 2.32. The van der Waals surface area contributed by atoms with E-state index in [0.29, 0.717) is 23.8 Å². The summed E-state index contributed by atoms with van der Waals surface area (Å²) < 4.78 is 12.1. The van der Waals surface area contributed by atoms with Crippen LogP contribution < -0.4 is 9.47 Å². The number of benzene rings is 2. The van der Waals surface area contributed by atoms with Crippen LogP contribution >= 0.6 is 0 Å². The molecule has 6 heteroatoms. The van der Waals surface area contributed by atoms with Gasteiger partial charge in [0.2, 0.25) is 5.88 Å². The molecule has 2 heterocycles. The van der Waals surface area contributed by atoms with Crippen LogP contribution in [0.3, 0.4) is 0 Å². The molecule has 0 saturated heterocycles. The van der Waals surface area contributed by atoms with E-state index < -0.39 is 5.97 Å². The van der Waals surface area contributed by atoms with Crippen molar-refractivity contribution in [2.75, 3.05) is 6.61 Å². The van der Waals surface area contributed by atoms with Gasteiger partial charge < -0.3 is 14.6 Å². The molecule has 0 radical (unpaired) electrons. The summed E-state index contributed by atoms with van der Waals surface area (Å²) in [6.45, 7) is 8.78. The van der Waals surface area contributed by atoms with Gasteiger partial charge in [0.25, 0.3) is 0 Å². The van der Waals surface area contributed by atoms with Crippen LogP contribution in [-0.4, -0.2) is 22.7 Å². The Morgan fingerprint density at radius 1 is 1.11 bits per heavy atom. The maximum absolute atomic E-state index is 11.1. The van der Waals surface area contributed by atoms with Gasteiger partial charge in [-0.1, -0.05) is 6.07 Å². The second kappa shape index (κ2) is 8.74. The van der Waals surface area contributed by atoms with E-state index in [1.807, 2.05) is 12.1 Å². The number of nitriles is 1. The minimum absolute atomic E-state index is 0.0282. The summed E-state index contributed by atoms with van der Waals surface area (Å²) in [5.41, 5.74) is 11.1. The van der Waals surface area contributed by atoms with Crippen molar-refractivity contribution in [2.45, 2.75) is 59.0 Å². The Kier molecular flexibility index (Phi) is 5.72. The van der Waals surface area contributed by atoms with Gasteiger partial charge in [0, 0.05) is 23.7 Å². The highest BCUT2D eigenvalue weighted by atomic mass is 16.5. The first-order valence-electron chi connectivity index (χ1n) is 11.9. The SMILES string of the molecule is Cc1cc(C#N)cc(C)c1-c1c(C)cc(C)c2c1CCC2Oc1cc2c(cn1)C(CC(=O)O)CO2. The lowest BCUT2D eigenvalue weighted by Crippen LogP contribution is -2.08. The van der Waals surface area contributed by atoms with Gasteiger partial charge in [-0.05, 0) is 97.2 Å². The molecule has 35 heavy (non-hydrogen) atoms. The second-order valence-electron chi connectivity index (χ2n) is 9.69. The number of nitrogens with zero attached hydrogens (tertiary/aromatic N) is 2. The van der Waals surface area contributed by atoms with E-state index in [9.17, 15) is 10.1 Å². The monoisotopic (exact) mass is 468 g/mol. The molecular formula is C29H28N2O4. The molecule has 0 spiro atoms. The molecule has 0 amide bonds. The Morgan fingerprint density at radius 3 is 2.51 bits per heavy atom. The molecule has 0 saturated carbocycles. The summed E-state index contributed by atoms with van der Waals surface area (Å²) in [7, 11) is 0. The lowest BCUT2D eigenvalue weighted by Gasteiger charge is -2.21. The van der Waals surface area contributed by atoms with Gasteiger partial charge in [0.05, 0.1) is 24.7 Å². The zero-order valence-corrected chi connectivity index (χ0v) is 20.4. The average Bonchev–Trinajstić information content (AvgIpc) is 3.39. The Hall–Kier alpha value is -3.85. The van der Waals surface area contributed by atoms with E-state index in [1.54, 1.807) is 12.3 Å². The van der Waals surface area contributed by atoms with Crippen LogP contribution in [-0.2, 0) is 11.2 Å². The molecule has 0 fully saturated rings. The Balaban J connectivity index is 1.50. The number of aryl methyl sites for hydroxylation is 4. The molecule has 2 atom stereocenters. The van der Waals surface area contributed by atoms with Crippen molar-refractivity contribution in [1.29, 1.82) is 5.26 Å². The number of rotatable bonds is 5. The number of aliphatic carboxylic acids is 1. The summed E-state index contributed by atoms with van der Waals surface area (Å²) >= 11 is 0. The molecule has 6 nitrogen and oxygen atoms in total. The van der Waals surface area contributed by atoms with Crippen LogP contribution in [0.2, 0.25) is 0 Å². The van der Waals surface area contributed by atoms with E-state index in [4.69, 9.17) is 14.6 Å². The van der Waals surface area contributed by atoms with E-state index in [1.165, 1.54) is 33.4 Å². The molecule has 0 bridgehead atoms. The maximum atomic E-state index is 11.1. The molecule has 1 N–H and O–H groups in total. The molecule has 178 valence electrons. The van der Waals surface area contributed by atoms with Crippen molar-refractivity contribution in [3.63, 3.8) is 0 Å². The normalized spacial score (nSPS) is 17.9. The second-order valence-corrected chi connectivity index (χ2v) is 9.69. The topological polar surface area (TPSA) is 92.4 Å².